The lowest BCUT2D eigenvalue weighted by atomic mass is 10.0. The highest BCUT2D eigenvalue weighted by Crippen LogP contribution is 2.38. The fourth-order valence-corrected chi connectivity index (χ4v) is 4.97. The maximum Gasteiger partial charge on any atom is 0.238 e. The number of fused-ring (bicyclic) bond motifs is 1. The summed E-state index contributed by atoms with van der Waals surface area (Å²) in [5.74, 6) is 1.70. The van der Waals surface area contributed by atoms with Crippen molar-refractivity contribution in [2.24, 2.45) is 0 Å². The Bertz CT molecular complexity index is 926. The summed E-state index contributed by atoms with van der Waals surface area (Å²) in [7, 11) is 0. The molecular weight excluding hydrogens is 390 g/mol. The zero-order chi connectivity index (χ0) is 21.0. The molecule has 1 amide bonds. The van der Waals surface area contributed by atoms with E-state index in [0.717, 1.165) is 61.8 Å². The molecule has 2 saturated heterocycles. The summed E-state index contributed by atoms with van der Waals surface area (Å²) in [4.78, 5) is 17.6. The third-order valence-electron chi connectivity index (χ3n) is 6.49. The third kappa shape index (κ3) is 4.49. The Balaban J connectivity index is 1.27. The monoisotopic (exact) mass is 421 g/mol. The minimum Gasteiger partial charge on any atom is -0.490 e. The summed E-state index contributed by atoms with van der Waals surface area (Å²) < 4.78 is 11.6. The Morgan fingerprint density at radius 1 is 0.935 bits per heavy atom. The molecule has 6 heteroatoms. The van der Waals surface area contributed by atoms with Crippen molar-refractivity contribution in [1.29, 1.82) is 0 Å². The summed E-state index contributed by atoms with van der Waals surface area (Å²) in [5, 5.41) is 3.18. The first-order chi connectivity index (χ1) is 15.3. The second-order valence-corrected chi connectivity index (χ2v) is 8.64. The van der Waals surface area contributed by atoms with E-state index in [9.17, 15) is 4.79 Å². The molecule has 3 heterocycles. The minimum absolute atomic E-state index is 0.0490. The van der Waals surface area contributed by atoms with Crippen LogP contribution in [0.5, 0.6) is 11.5 Å². The van der Waals surface area contributed by atoms with Gasteiger partial charge in [0, 0.05) is 25.6 Å². The molecule has 5 rings (SSSR count). The molecule has 0 unspecified atom stereocenters. The summed E-state index contributed by atoms with van der Waals surface area (Å²) in [5.41, 5.74) is 3.25. The zero-order valence-corrected chi connectivity index (χ0v) is 18.0. The molecule has 0 aromatic heterocycles. The number of rotatable bonds is 5. The predicted octanol–water partition coefficient (Wildman–Crippen LogP) is 4.22. The number of nitrogens with one attached hydrogen (secondary N) is 1. The van der Waals surface area contributed by atoms with Crippen molar-refractivity contribution in [3.63, 3.8) is 0 Å². The van der Waals surface area contributed by atoms with Crippen LogP contribution in [0.2, 0.25) is 0 Å². The minimum atomic E-state index is 0.0490. The van der Waals surface area contributed by atoms with E-state index < -0.39 is 0 Å². The van der Waals surface area contributed by atoms with E-state index >= 15 is 0 Å². The van der Waals surface area contributed by atoms with E-state index in [1.807, 2.05) is 24.3 Å². The third-order valence-corrected chi connectivity index (χ3v) is 6.49. The molecule has 164 valence electrons. The number of carbonyl (C=O) groups excluding carboxylic acids is 1. The molecule has 2 aromatic rings. The number of likely N-dealkylation sites (tertiary alicyclic amines) is 1. The van der Waals surface area contributed by atoms with Crippen LogP contribution in [-0.2, 0) is 4.79 Å². The van der Waals surface area contributed by atoms with Crippen molar-refractivity contribution in [2.45, 2.75) is 38.1 Å². The second kappa shape index (κ2) is 9.18. The standard InChI is InChI=1S/C25H31N3O3/c29-25(26-20-7-1-2-8-22(20)27-12-3-4-13-27)18-28-14-5-9-21(28)19-10-11-23-24(17-19)31-16-6-15-30-23/h1-2,7-8,10-11,17,21H,3-6,9,12-16,18H2,(H,26,29)/t21-/m0/s1. The topological polar surface area (TPSA) is 54.0 Å². The van der Waals surface area contributed by atoms with Gasteiger partial charge in [0.25, 0.3) is 0 Å². The van der Waals surface area contributed by atoms with Crippen LogP contribution in [0, 0.1) is 0 Å². The summed E-state index contributed by atoms with van der Waals surface area (Å²) in [6.07, 6.45) is 5.48. The van der Waals surface area contributed by atoms with Gasteiger partial charge in [-0.3, -0.25) is 9.69 Å². The lowest BCUT2D eigenvalue weighted by molar-refractivity contribution is -0.117. The lowest BCUT2D eigenvalue weighted by Crippen LogP contribution is -2.33. The highest BCUT2D eigenvalue weighted by molar-refractivity contribution is 5.95. The molecule has 2 fully saturated rings. The van der Waals surface area contributed by atoms with Gasteiger partial charge in [-0.1, -0.05) is 18.2 Å². The van der Waals surface area contributed by atoms with Crippen molar-refractivity contribution in [1.82, 2.24) is 4.90 Å². The van der Waals surface area contributed by atoms with Gasteiger partial charge < -0.3 is 19.7 Å². The molecule has 1 N–H and O–H groups in total. The van der Waals surface area contributed by atoms with Gasteiger partial charge in [0.2, 0.25) is 5.91 Å². The number of benzene rings is 2. The fraction of sp³-hybridized carbons (Fsp3) is 0.480. The Labute approximate surface area is 184 Å². The Morgan fingerprint density at radius 3 is 2.61 bits per heavy atom. The normalized spacial score (nSPS) is 21.2. The van der Waals surface area contributed by atoms with E-state index in [1.54, 1.807) is 0 Å². The Morgan fingerprint density at radius 2 is 1.74 bits per heavy atom. The first-order valence-corrected chi connectivity index (χ1v) is 11.6. The van der Waals surface area contributed by atoms with Gasteiger partial charge in [-0.05, 0) is 62.1 Å². The average molecular weight is 422 g/mol. The number of para-hydroxylation sites is 2. The van der Waals surface area contributed by atoms with E-state index in [-0.39, 0.29) is 11.9 Å². The van der Waals surface area contributed by atoms with Crippen LogP contribution < -0.4 is 19.7 Å². The first-order valence-electron chi connectivity index (χ1n) is 11.6. The van der Waals surface area contributed by atoms with Gasteiger partial charge in [-0.2, -0.15) is 0 Å². The largest absolute Gasteiger partial charge is 0.490 e. The van der Waals surface area contributed by atoms with Gasteiger partial charge in [0.1, 0.15) is 0 Å². The molecule has 31 heavy (non-hydrogen) atoms. The highest BCUT2D eigenvalue weighted by atomic mass is 16.5. The molecule has 3 aliphatic heterocycles. The SMILES string of the molecule is O=C(CN1CCC[C@H]1c1ccc2c(c1)OCCCO2)Nc1ccccc1N1CCCC1. The van der Waals surface area contributed by atoms with Crippen molar-refractivity contribution in [2.75, 3.05) is 49.6 Å². The van der Waals surface area contributed by atoms with Crippen molar-refractivity contribution >= 4 is 17.3 Å². The first kappa shape index (κ1) is 20.2. The molecule has 0 aliphatic carbocycles. The second-order valence-electron chi connectivity index (χ2n) is 8.64. The van der Waals surface area contributed by atoms with Gasteiger partial charge in [-0.15, -0.1) is 0 Å². The maximum absolute atomic E-state index is 13.0. The number of carbonyl (C=O) groups is 1. The molecule has 0 bridgehead atoms. The lowest BCUT2D eigenvalue weighted by Gasteiger charge is -2.26. The van der Waals surface area contributed by atoms with E-state index in [4.69, 9.17) is 9.47 Å². The number of hydrogen-bond acceptors (Lipinski definition) is 5. The van der Waals surface area contributed by atoms with E-state index in [1.165, 1.54) is 18.4 Å². The van der Waals surface area contributed by atoms with Gasteiger partial charge in [0.15, 0.2) is 11.5 Å². The van der Waals surface area contributed by atoms with Crippen LogP contribution >= 0.6 is 0 Å². The number of nitrogens with zero attached hydrogens (tertiary/aromatic N) is 2. The summed E-state index contributed by atoms with van der Waals surface area (Å²) >= 11 is 0. The quantitative estimate of drug-likeness (QED) is 0.783. The van der Waals surface area contributed by atoms with Crippen LogP contribution in [0.3, 0.4) is 0 Å². The molecule has 2 aromatic carbocycles. The number of ether oxygens (including phenoxy) is 2. The molecule has 0 saturated carbocycles. The smallest absolute Gasteiger partial charge is 0.238 e. The molecule has 1 atom stereocenters. The number of amides is 1. The van der Waals surface area contributed by atoms with Crippen molar-refractivity contribution in [3.05, 3.63) is 48.0 Å². The van der Waals surface area contributed by atoms with Crippen LogP contribution in [0.1, 0.15) is 43.7 Å². The highest BCUT2D eigenvalue weighted by Gasteiger charge is 2.29. The van der Waals surface area contributed by atoms with Gasteiger partial charge >= 0.3 is 0 Å². The van der Waals surface area contributed by atoms with Crippen LogP contribution in [0.25, 0.3) is 0 Å². The predicted molar refractivity (Wildman–Crippen MR) is 122 cm³/mol. The van der Waals surface area contributed by atoms with Gasteiger partial charge in [-0.25, -0.2) is 0 Å². The molecule has 6 nitrogen and oxygen atoms in total. The Hall–Kier alpha value is -2.73. The van der Waals surface area contributed by atoms with Crippen LogP contribution in [-0.4, -0.2) is 50.2 Å². The van der Waals surface area contributed by atoms with Crippen LogP contribution in [0.4, 0.5) is 11.4 Å². The fourth-order valence-electron chi connectivity index (χ4n) is 4.97. The summed E-state index contributed by atoms with van der Waals surface area (Å²) in [6.45, 7) is 4.83. The maximum atomic E-state index is 13.0. The number of hydrogen-bond donors (Lipinski definition) is 1. The zero-order valence-electron chi connectivity index (χ0n) is 18.0. The summed E-state index contributed by atoms with van der Waals surface area (Å²) in [6, 6.07) is 14.6. The van der Waals surface area contributed by atoms with Crippen molar-refractivity contribution < 1.29 is 14.3 Å². The molecule has 0 radical (unpaired) electrons. The number of anilines is 2. The van der Waals surface area contributed by atoms with E-state index in [0.29, 0.717) is 19.8 Å². The molecule has 3 aliphatic rings. The average Bonchev–Trinajstić information content (AvgIpc) is 3.42. The van der Waals surface area contributed by atoms with Crippen molar-refractivity contribution in [3.8, 4) is 11.5 Å². The molecular formula is C25H31N3O3. The Kier molecular flexibility index (Phi) is 5.98. The molecule has 0 spiro atoms. The van der Waals surface area contributed by atoms with Crippen LogP contribution in [0.15, 0.2) is 42.5 Å². The van der Waals surface area contributed by atoms with Gasteiger partial charge in [0.05, 0.1) is 31.1 Å². The van der Waals surface area contributed by atoms with E-state index in [2.05, 4.69) is 33.3 Å².